The first-order valence-corrected chi connectivity index (χ1v) is 7.96. The third kappa shape index (κ3) is 2.98. The summed E-state index contributed by atoms with van der Waals surface area (Å²) in [7, 11) is 1.39. The van der Waals surface area contributed by atoms with Crippen molar-refractivity contribution < 1.29 is 14.3 Å². The van der Waals surface area contributed by atoms with Gasteiger partial charge in [0.1, 0.15) is 11.2 Å². The molecule has 0 saturated heterocycles. The topological polar surface area (TPSA) is 68.3 Å². The van der Waals surface area contributed by atoms with Crippen LogP contribution in [0.3, 0.4) is 0 Å². The van der Waals surface area contributed by atoms with Crippen molar-refractivity contribution in [3.8, 4) is 0 Å². The summed E-state index contributed by atoms with van der Waals surface area (Å²) in [6.07, 6.45) is 7.48. The summed E-state index contributed by atoms with van der Waals surface area (Å²) in [5.41, 5.74) is -0.561. The summed E-state index contributed by atoms with van der Waals surface area (Å²) in [6.45, 7) is 0. The van der Waals surface area contributed by atoms with Gasteiger partial charge in [-0.1, -0.05) is 12.5 Å². The average Bonchev–Trinajstić information content (AvgIpc) is 3.40. The summed E-state index contributed by atoms with van der Waals surface area (Å²) in [5, 5.41) is 2.94. The van der Waals surface area contributed by atoms with Crippen molar-refractivity contribution in [3.63, 3.8) is 0 Å². The maximum absolute atomic E-state index is 12.4. The largest absolute Gasteiger partial charge is 0.467 e. The third-order valence-corrected chi connectivity index (χ3v) is 4.90. The molecule has 2 saturated carbocycles. The highest BCUT2D eigenvalue weighted by Crippen LogP contribution is 2.46. The predicted octanol–water partition coefficient (Wildman–Crippen LogP) is 2.32. The van der Waals surface area contributed by atoms with Crippen LogP contribution in [0, 0.1) is 11.8 Å². The number of esters is 1. The van der Waals surface area contributed by atoms with E-state index in [1.54, 1.807) is 24.4 Å². The zero-order valence-electron chi connectivity index (χ0n) is 12.9. The van der Waals surface area contributed by atoms with E-state index in [4.69, 9.17) is 4.74 Å². The van der Waals surface area contributed by atoms with Crippen molar-refractivity contribution in [2.24, 2.45) is 11.8 Å². The Kier molecular flexibility index (Phi) is 4.14. The first-order chi connectivity index (χ1) is 10.6. The van der Waals surface area contributed by atoms with Gasteiger partial charge in [-0.05, 0) is 56.1 Å². The fourth-order valence-electron chi connectivity index (χ4n) is 3.61. The summed E-state index contributed by atoms with van der Waals surface area (Å²) in [6, 6.07) is 5.18. The number of pyridine rings is 1. The van der Waals surface area contributed by atoms with Crippen molar-refractivity contribution >= 4 is 11.9 Å². The van der Waals surface area contributed by atoms with E-state index in [9.17, 15) is 9.59 Å². The van der Waals surface area contributed by atoms with Crippen molar-refractivity contribution in [2.75, 3.05) is 7.11 Å². The fraction of sp³-hybridized carbons (Fsp3) is 0.588. The zero-order valence-corrected chi connectivity index (χ0v) is 12.9. The van der Waals surface area contributed by atoms with E-state index < -0.39 is 5.54 Å². The normalized spacial score (nSPS) is 28.0. The van der Waals surface area contributed by atoms with Crippen molar-refractivity contribution in [2.45, 2.75) is 44.1 Å². The Labute approximate surface area is 130 Å². The minimum absolute atomic E-state index is 0.303. The minimum atomic E-state index is -0.894. The van der Waals surface area contributed by atoms with Gasteiger partial charge in [0.2, 0.25) is 0 Å². The van der Waals surface area contributed by atoms with E-state index in [0.29, 0.717) is 24.5 Å². The number of aromatic nitrogens is 1. The van der Waals surface area contributed by atoms with Crippen LogP contribution in [0.25, 0.3) is 0 Å². The highest BCUT2D eigenvalue weighted by Gasteiger charge is 2.48. The van der Waals surface area contributed by atoms with Crippen LogP contribution in [0.5, 0.6) is 0 Å². The lowest BCUT2D eigenvalue weighted by Crippen LogP contribution is -2.57. The second kappa shape index (κ2) is 6.07. The second-order valence-corrected chi connectivity index (χ2v) is 6.44. The Hall–Kier alpha value is -1.91. The van der Waals surface area contributed by atoms with E-state index in [1.165, 1.54) is 20.0 Å². The molecule has 0 aromatic carbocycles. The van der Waals surface area contributed by atoms with Crippen LogP contribution in [-0.4, -0.2) is 29.5 Å². The van der Waals surface area contributed by atoms with Gasteiger partial charge in [0.15, 0.2) is 0 Å². The molecule has 1 aromatic heterocycles. The zero-order chi connectivity index (χ0) is 15.6. The van der Waals surface area contributed by atoms with Crippen molar-refractivity contribution in [3.05, 3.63) is 30.1 Å². The number of amides is 1. The SMILES string of the molecule is COC(=O)[C@]1(NC(=O)c2ccccn2)CCC[C@H](C2CC2)C1. The lowest BCUT2D eigenvalue weighted by atomic mass is 9.73. The highest BCUT2D eigenvalue weighted by molar-refractivity contribution is 5.96. The standard InChI is InChI=1S/C17H22N2O3/c1-22-16(21)17(9-4-5-13(11-17)12-7-8-12)19-15(20)14-6-2-3-10-18-14/h2-3,6,10,12-13H,4-5,7-9,11H2,1H3,(H,19,20)/t13-,17-/m0/s1. The summed E-state index contributed by atoms with van der Waals surface area (Å²) < 4.78 is 5.00. The quantitative estimate of drug-likeness (QED) is 0.867. The van der Waals surface area contributed by atoms with Gasteiger partial charge in [-0.15, -0.1) is 0 Å². The number of ether oxygens (including phenoxy) is 1. The second-order valence-electron chi connectivity index (χ2n) is 6.44. The number of hydrogen-bond acceptors (Lipinski definition) is 4. The number of carbonyl (C=O) groups is 2. The highest BCUT2D eigenvalue weighted by atomic mass is 16.5. The first-order valence-electron chi connectivity index (χ1n) is 7.96. The Balaban J connectivity index is 1.80. The van der Waals surface area contributed by atoms with Gasteiger partial charge in [0, 0.05) is 6.20 Å². The van der Waals surface area contributed by atoms with Crippen molar-refractivity contribution in [1.29, 1.82) is 0 Å². The molecule has 0 aliphatic heterocycles. The number of nitrogens with one attached hydrogen (secondary N) is 1. The van der Waals surface area contributed by atoms with Crippen LogP contribution in [0.4, 0.5) is 0 Å². The molecule has 2 aliphatic carbocycles. The number of methoxy groups -OCH3 is 1. The van der Waals surface area contributed by atoms with Gasteiger partial charge in [-0.25, -0.2) is 4.79 Å². The molecule has 1 aromatic rings. The van der Waals surface area contributed by atoms with Gasteiger partial charge < -0.3 is 10.1 Å². The lowest BCUT2D eigenvalue weighted by molar-refractivity contribution is -0.150. The predicted molar refractivity (Wildman–Crippen MR) is 81.1 cm³/mol. The fourth-order valence-corrected chi connectivity index (χ4v) is 3.61. The van der Waals surface area contributed by atoms with Crippen LogP contribution in [-0.2, 0) is 9.53 Å². The van der Waals surface area contributed by atoms with E-state index in [0.717, 1.165) is 18.8 Å². The van der Waals surface area contributed by atoms with Crippen LogP contribution >= 0.6 is 0 Å². The molecule has 1 N–H and O–H groups in total. The van der Waals surface area contributed by atoms with Gasteiger partial charge in [-0.3, -0.25) is 9.78 Å². The van der Waals surface area contributed by atoms with Gasteiger partial charge >= 0.3 is 5.97 Å². The molecule has 118 valence electrons. The monoisotopic (exact) mass is 302 g/mol. The Morgan fingerprint density at radius 2 is 2.09 bits per heavy atom. The molecule has 0 bridgehead atoms. The molecule has 1 heterocycles. The molecule has 0 spiro atoms. The summed E-state index contributed by atoms with van der Waals surface area (Å²) in [5.74, 6) is 0.595. The summed E-state index contributed by atoms with van der Waals surface area (Å²) in [4.78, 5) is 28.9. The van der Waals surface area contributed by atoms with E-state index in [2.05, 4.69) is 10.3 Å². The number of nitrogens with zero attached hydrogens (tertiary/aromatic N) is 1. The van der Waals surface area contributed by atoms with Crippen molar-refractivity contribution in [1.82, 2.24) is 10.3 Å². The van der Waals surface area contributed by atoms with Gasteiger partial charge in [-0.2, -0.15) is 0 Å². The van der Waals surface area contributed by atoms with Crippen LogP contribution in [0.15, 0.2) is 24.4 Å². The van der Waals surface area contributed by atoms with Crippen LogP contribution < -0.4 is 5.32 Å². The maximum atomic E-state index is 12.4. The lowest BCUT2D eigenvalue weighted by Gasteiger charge is -2.39. The molecular weight excluding hydrogens is 280 g/mol. The molecule has 1 amide bonds. The average molecular weight is 302 g/mol. The smallest absolute Gasteiger partial charge is 0.331 e. The molecule has 5 heteroatoms. The molecule has 0 unspecified atom stereocenters. The Bertz CT molecular complexity index is 556. The molecular formula is C17H22N2O3. The first kappa shape index (κ1) is 15.0. The molecule has 2 aliphatic rings. The van der Waals surface area contributed by atoms with Gasteiger partial charge in [0.05, 0.1) is 7.11 Å². The maximum Gasteiger partial charge on any atom is 0.331 e. The number of hydrogen-bond donors (Lipinski definition) is 1. The molecule has 2 fully saturated rings. The Morgan fingerprint density at radius 3 is 2.73 bits per heavy atom. The molecule has 22 heavy (non-hydrogen) atoms. The molecule has 3 rings (SSSR count). The van der Waals surface area contributed by atoms with E-state index in [-0.39, 0.29) is 11.9 Å². The van der Waals surface area contributed by atoms with Crippen LogP contribution in [0.2, 0.25) is 0 Å². The molecule has 2 atom stereocenters. The minimum Gasteiger partial charge on any atom is -0.467 e. The number of rotatable bonds is 4. The van der Waals surface area contributed by atoms with E-state index in [1.807, 2.05) is 0 Å². The Morgan fingerprint density at radius 1 is 1.27 bits per heavy atom. The summed E-state index contributed by atoms with van der Waals surface area (Å²) >= 11 is 0. The molecule has 0 radical (unpaired) electrons. The van der Waals surface area contributed by atoms with Crippen LogP contribution in [0.1, 0.15) is 49.0 Å². The molecule has 5 nitrogen and oxygen atoms in total. The van der Waals surface area contributed by atoms with E-state index >= 15 is 0 Å². The number of carbonyl (C=O) groups excluding carboxylic acids is 2. The third-order valence-electron chi connectivity index (χ3n) is 4.90. The van der Waals surface area contributed by atoms with Gasteiger partial charge in [0.25, 0.3) is 5.91 Å².